The van der Waals surface area contributed by atoms with E-state index >= 15 is 0 Å². The van der Waals surface area contributed by atoms with Crippen LogP contribution >= 0.6 is 24.2 Å². The predicted molar refractivity (Wildman–Crippen MR) is 47.6 cm³/mol. The van der Waals surface area contributed by atoms with E-state index < -0.39 is 28.9 Å². The number of hydrogen-bond donors (Lipinski definition) is 1. The first-order valence-electron chi connectivity index (χ1n) is 3.18. The summed E-state index contributed by atoms with van der Waals surface area (Å²) < 4.78 is 35.7. The average Bonchev–Trinajstić information content (AvgIpc) is 1.81. The van der Waals surface area contributed by atoms with Crippen molar-refractivity contribution in [2.45, 2.75) is 13.1 Å². The third-order valence-electron chi connectivity index (χ3n) is 1.15. The second-order valence-corrected chi connectivity index (χ2v) is 3.43. The fourth-order valence-corrected chi connectivity index (χ4v) is 1.24. The monoisotopic (exact) mass is 252 g/mol. The maximum atomic E-state index is 11.9. The Balaban J connectivity index is 0. The summed E-state index contributed by atoms with van der Waals surface area (Å²) in [5, 5.41) is 7.65. The molecule has 0 saturated heterocycles. The van der Waals surface area contributed by atoms with Crippen LogP contribution in [0, 0.1) is 5.92 Å². The van der Waals surface area contributed by atoms with Gasteiger partial charge in [0.1, 0.15) is 0 Å². The first kappa shape index (κ1) is 16.0. The van der Waals surface area contributed by atoms with Crippen molar-refractivity contribution in [1.82, 2.24) is 0 Å². The third-order valence-corrected chi connectivity index (χ3v) is 2.05. The zero-order chi connectivity index (χ0) is 10.6. The van der Waals surface area contributed by atoms with Crippen LogP contribution in [0.3, 0.4) is 0 Å². The fraction of sp³-hybridized carbons (Fsp3) is 0.667. The topological polar surface area (TPSA) is 54.4 Å². The van der Waals surface area contributed by atoms with Gasteiger partial charge in [-0.3, -0.25) is 9.59 Å². The summed E-state index contributed by atoms with van der Waals surface area (Å²) in [5.41, 5.74) is 0. The van der Waals surface area contributed by atoms with Crippen LogP contribution in [0.2, 0.25) is 0 Å². The number of carboxylic acid groups (broad SMARTS) is 1. The van der Waals surface area contributed by atoms with E-state index in [9.17, 15) is 22.8 Å². The summed E-state index contributed by atoms with van der Waals surface area (Å²) in [7, 11) is 0. The van der Waals surface area contributed by atoms with Crippen molar-refractivity contribution in [2.75, 3.05) is 5.75 Å². The molecule has 0 radical (unpaired) electrons. The highest BCUT2D eigenvalue weighted by molar-refractivity contribution is 8.13. The molecule has 0 aromatic rings. The first-order valence-corrected chi connectivity index (χ1v) is 4.16. The van der Waals surface area contributed by atoms with Gasteiger partial charge < -0.3 is 5.11 Å². The molecule has 0 aromatic carbocycles. The molecule has 0 amide bonds. The highest BCUT2D eigenvalue weighted by Crippen LogP contribution is 2.29. The van der Waals surface area contributed by atoms with E-state index in [1.807, 2.05) is 0 Å². The Kier molecular flexibility index (Phi) is 7.01. The van der Waals surface area contributed by atoms with Crippen molar-refractivity contribution < 1.29 is 27.9 Å². The lowest BCUT2D eigenvalue weighted by Gasteiger charge is -2.14. The van der Waals surface area contributed by atoms with Gasteiger partial charge in [-0.05, 0) is 0 Å². The van der Waals surface area contributed by atoms with E-state index in [4.69, 9.17) is 5.11 Å². The van der Waals surface area contributed by atoms with Gasteiger partial charge in [0.2, 0.25) is 0 Å². The van der Waals surface area contributed by atoms with Crippen molar-refractivity contribution in [3.63, 3.8) is 0 Å². The number of carboxylic acids is 1. The molecule has 0 rings (SSSR count). The van der Waals surface area contributed by atoms with E-state index in [0.717, 1.165) is 6.92 Å². The van der Waals surface area contributed by atoms with Crippen LogP contribution in [0.4, 0.5) is 13.2 Å². The molecule has 0 aromatic heterocycles. The molecule has 0 fully saturated rings. The summed E-state index contributed by atoms with van der Waals surface area (Å²) in [6.45, 7) is 1.08. The van der Waals surface area contributed by atoms with Gasteiger partial charge in [-0.2, -0.15) is 13.2 Å². The van der Waals surface area contributed by atoms with Crippen molar-refractivity contribution >= 4 is 35.3 Å². The Labute approximate surface area is 88.5 Å². The van der Waals surface area contributed by atoms with Gasteiger partial charge in [0.25, 0.3) is 0 Å². The number of halogens is 4. The van der Waals surface area contributed by atoms with Crippen LogP contribution in [0.5, 0.6) is 0 Å². The molecule has 1 unspecified atom stereocenters. The molecule has 0 aliphatic rings. The van der Waals surface area contributed by atoms with E-state index in [1.54, 1.807) is 0 Å². The molecule has 84 valence electrons. The summed E-state index contributed by atoms with van der Waals surface area (Å²) in [6, 6.07) is 0. The number of hydrogen-bond acceptors (Lipinski definition) is 3. The van der Waals surface area contributed by atoms with Gasteiger partial charge >= 0.3 is 12.1 Å². The molecule has 3 nitrogen and oxygen atoms in total. The lowest BCUT2D eigenvalue weighted by atomic mass is 10.2. The Hall–Kier alpha value is -0.430. The Morgan fingerprint density at radius 2 is 1.86 bits per heavy atom. The van der Waals surface area contributed by atoms with Crippen molar-refractivity contribution in [1.29, 1.82) is 0 Å². The molecule has 0 heterocycles. The molecule has 1 N–H and O–H groups in total. The van der Waals surface area contributed by atoms with Crippen LogP contribution in [-0.4, -0.2) is 28.1 Å². The van der Waals surface area contributed by atoms with Gasteiger partial charge in [0.15, 0.2) is 11.0 Å². The zero-order valence-electron chi connectivity index (χ0n) is 7.00. The SMILES string of the molecule is CC(=O)SCC(C(=O)O)C(F)(F)F.Cl. The summed E-state index contributed by atoms with van der Waals surface area (Å²) in [5.74, 6) is -5.20. The van der Waals surface area contributed by atoms with Crippen LogP contribution in [-0.2, 0) is 9.59 Å². The molecule has 8 heteroatoms. The molecule has 0 spiro atoms. The van der Waals surface area contributed by atoms with Gasteiger partial charge in [-0.25, -0.2) is 0 Å². The summed E-state index contributed by atoms with van der Waals surface area (Å²) >= 11 is 0.355. The second-order valence-electron chi connectivity index (χ2n) is 2.24. The van der Waals surface area contributed by atoms with Crippen LogP contribution in [0.15, 0.2) is 0 Å². The van der Waals surface area contributed by atoms with Crippen LogP contribution < -0.4 is 0 Å². The molecular formula is C6H8ClF3O3S. The minimum absolute atomic E-state index is 0. The van der Waals surface area contributed by atoms with E-state index in [1.165, 1.54) is 0 Å². The molecule has 14 heavy (non-hydrogen) atoms. The van der Waals surface area contributed by atoms with Crippen molar-refractivity contribution in [3.05, 3.63) is 0 Å². The lowest BCUT2D eigenvalue weighted by Crippen LogP contribution is -2.32. The minimum Gasteiger partial charge on any atom is -0.481 e. The average molecular weight is 253 g/mol. The number of thioether (sulfide) groups is 1. The molecule has 1 atom stereocenters. The maximum absolute atomic E-state index is 11.9. The zero-order valence-corrected chi connectivity index (χ0v) is 8.63. The molecule has 0 aliphatic carbocycles. The fourth-order valence-electron chi connectivity index (χ4n) is 0.506. The van der Waals surface area contributed by atoms with E-state index in [0.29, 0.717) is 11.8 Å². The van der Waals surface area contributed by atoms with Crippen molar-refractivity contribution in [3.8, 4) is 0 Å². The lowest BCUT2D eigenvalue weighted by molar-refractivity contribution is -0.188. The number of rotatable bonds is 3. The van der Waals surface area contributed by atoms with Gasteiger partial charge in [0, 0.05) is 12.7 Å². The number of aliphatic carboxylic acids is 1. The van der Waals surface area contributed by atoms with E-state index in [-0.39, 0.29) is 12.4 Å². The Bertz CT molecular complexity index is 219. The Morgan fingerprint density at radius 1 is 1.43 bits per heavy atom. The second kappa shape index (κ2) is 6.13. The minimum atomic E-state index is -4.80. The van der Waals surface area contributed by atoms with Crippen LogP contribution in [0.25, 0.3) is 0 Å². The van der Waals surface area contributed by atoms with Crippen molar-refractivity contribution in [2.24, 2.45) is 5.92 Å². The third kappa shape index (κ3) is 6.09. The normalized spacial score (nSPS) is 12.9. The smallest absolute Gasteiger partial charge is 0.403 e. The number of carbonyl (C=O) groups is 2. The predicted octanol–water partition coefficient (Wildman–Crippen LogP) is 1.95. The van der Waals surface area contributed by atoms with Gasteiger partial charge in [-0.1, -0.05) is 11.8 Å². The highest BCUT2D eigenvalue weighted by Gasteiger charge is 2.45. The maximum Gasteiger partial charge on any atom is 0.403 e. The Morgan fingerprint density at radius 3 is 2.07 bits per heavy atom. The van der Waals surface area contributed by atoms with E-state index in [2.05, 4.69) is 0 Å². The quantitative estimate of drug-likeness (QED) is 0.834. The molecule has 0 bridgehead atoms. The van der Waals surface area contributed by atoms with Gasteiger partial charge in [-0.15, -0.1) is 12.4 Å². The summed E-state index contributed by atoms with van der Waals surface area (Å²) in [4.78, 5) is 20.4. The molecular weight excluding hydrogens is 245 g/mol. The molecule has 0 saturated carbocycles. The summed E-state index contributed by atoms with van der Waals surface area (Å²) in [6.07, 6.45) is -4.80. The van der Waals surface area contributed by atoms with Crippen LogP contribution in [0.1, 0.15) is 6.92 Å². The number of alkyl halides is 3. The molecule has 0 aliphatic heterocycles. The largest absolute Gasteiger partial charge is 0.481 e. The van der Waals surface area contributed by atoms with Gasteiger partial charge in [0.05, 0.1) is 0 Å². The standard InChI is InChI=1S/C6H7F3O3S.ClH/c1-3(10)13-2-4(5(11)12)6(7,8)9;/h4H,2H2,1H3,(H,11,12);1H. The first-order chi connectivity index (χ1) is 5.75. The highest BCUT2D eigenvalue weighted by atomic mass is 35.5. The number of carbonyl (C=O) groups excluding carboxylic acids is 1.